The average molecular weight is 561 g/mol. The van der Waals surface area contributed by atoms with Crippen molar-refractivity contribution in [2.24, 2.45) is 0 Å². The first-order chi connectivity index (χ1) is 19.0. The predicted molar refractivity (Wildman–Crippen MR) is 135 cm³/mol. The normalized spacial score (nSPS) is 13.6. The van der Waals surface area contributed by atoms with E-state index in [0.29, 0.717) is 29.4 Å². The molecule has 0 saturated heterocycles. The van der Waals surface area contributed by atoms with Gasteiger partial charge >= 0.3 is 5.97 Å². The molecule has 1 heterocycles. The van der Waals surface area contributed by atoms with Crippen LogP contribution >= 0.6 is 0 Å². The Balaban J connectivity index is 1.38. The summed E-state index contributed by atoms with van der Waals surface area (Å²) in [5, 5.41) is 11.8. The van der Waals surface area contributed by atoms with Gasteiger partial charge in [0.1, 0.15) is 17.0 Å². The molecule has 0 amide bonds. The molecule has 0 aliphatic rings. The zero-order chi connectivity index (χ0) is 29.0. The second kappa shape index (κ2) is 11.9. The molecule has 0 saturated carbocycles. The molecule has 2 unspecified atom stereocenters. The molecular weight excluding hydrogens is 535 g/mol. The molecule has 210 valence electrons. The van der Waals surface area contributed by atoms with Crippen molar-refractivity contribution in [3.8, 4) is 17.2 Å². The van der Waals surface area contributed by atoms with Crippen molar-refractivity contribution in [1.29, 1.82) is 0 Å². The first-order valence-corrected chi connectivity index (χ1v) is 12.2. The summed E-state index contributed by atoms with van der Waals surface area (Å²) < 4.78 is 80.6. The van der Waals surface area contributed by atoms with Gasteiger partial charge in [-0.15, -0.1) is 0 Å². The quantitative estimate of drug-likeness (QED) is 0.0947. The van der Waals surface area contributed by atoms with Crippen LogP contribution in [-0.2, 0) is 17.6 Å². The Morgan fingerprint density at radius 2 is 1.73 bits per heavy atom. The van der Waals surface area contributed by atoms with Crippen LogP contribution in [0.25, 0.3) is 11.5 Å². The molecule has 1 aromatic heterocycles. The lowest BCUT2D eigenvalue weighted by atomic mass is 9.92. The van der Waals surface area contributed by atoms with Crippen molar-refractivity contribution >= 4 is 5.97 Å². The molecule has 0 spiro atoms. The summed E-state index contributed by atoms with van der Waals surface area (Å²) in [5.41, 5.74) is -1.15. The minimum absolute atomic E-state index is 0.142. The van der Waals surface area contributed by atoms with E-state index in [-0.39, 0.29) is 19.1 Å². The first kappa shape index (κ1) is 28.8. The van der Waals surface area contributed by atoms with Gasteiger partial charge in [0, 0.05) is 24.0 Å². The highest BCUT2D eigenvalue weighted by Gasteiger charge is 2.37. The topological polar surface area (TPSA) is 84.6 Å². The Morgan fingerprint density at radius 1 is 1.05 bits per heavy atom. The molecule has 4 aromatic rings. The Hall–Kier alpha value is -4.25. The van der Waals surface area contributed by atoms with Crippen LogP contribution in [0.5, 0.6) is 5.75 Å². The summed E-state index contributed by atoms with van der Waals surface area (Å²) in [6, 6.07) is 15.9. The predicted octanol–water partition coefficient (Wildman–Crippen LogP) is 6.47. The Kier molecular flexibility index (Phi) is 8.53. The van der Waals surface area contributed by atoms with Gasteiger partial charge in [-0.2, -0.15) is 0 Å². The van der Waals surface area contributed by atoms with E-state index in [4.69, 9.17) is 9.15 Å². The van der Waals surface area contributed by atoms with Crippen molar-refractivity contribution in [1.82, 2.24) is 10.3 Å². The maximum atomic E-state index is 14.8. The number of nitrogens with one attached hydrogen (secondary N) is 1. The van der Waals surface area contributed by atoms with E-state index in [0.717, 1.165) is 18.2 Å². The summed E-state index contributed by atoms with van der Waals surface area (Å²) in [5.74, 6) is -7.87. The number of ether oxygens (including phenoxy) is 1. The average Bonchev–Trinajstić information content (AvgIpc) is 3.31. The summed E-state index contributed by atoms with van der Waals surface area (Å²) in [6.45, 7) is 3.23. The molecular formula is C29H25F5N2O4. The smallest absolute Gasteiger partial charge is 0.324 e. The summed E-state index contributed by atoms with van der Waals surface area (Å²) in [7, 11) is 0. The van der Waals surface area contributed by atoms with Crippen LogP contribution in [0, 0.1) is 30.2 Å². The number of benzene rings is 3. The number of aryl methyl sites for hydroxylation is 1. The number of hydrogen-bond donors (Lipinski definition) is 2. The van der Waals surface area contributed by atoms with Gasteiger partial charge < -0.3 is 14.3 Å². The Bertz CT molecular complexity index is 1490. The molecule has 0 bridgehead atoms. The SMILES string of the molecule is Cc1oc(-c2ccccc2)nc1CCOc1ccc(CC(C)(NC(F)c2cc(F)c(F)c(F)c2F)C(=O)O)cc1. The van der Waals surface area contributed by atoms with Crippen molar-refractivity contribution < 1.29 is 41.0 Å². The highest BCUT2D eigenvalue weighted by atomic mass is 19.2. The van der Waals surface area contributed by atoms with E-state index < -0.39 is 46.6 Å². The van der Waals surface area contributed by atoms with Crippen molar-refractivity contribution in [2.75, 3.05) is 6.61 Å². The number of carbonyl (C=O) groups is 1. The van der Waals surface area contributed by atoms with E-state index >= 15 is 0 Å². The zero-order valence-electron chi connectivity index (χ0n) is 21.5. The number of nitrogens with zero attached hydrogens (tertiary/aromatic N) is 1. The van der Waals surface area contributed by atoms with Gasteiger partial charge in [-0.25, -0.2) is 26.9 Å². The summed E-state index contributed by atoms with van der Waals surface area (Å²) in [6.07, 6.45) is -2.45. The van der Waals surface area contributed by atoms with Crippen LogP contribution in [0.1, 0.15) is 35.8 Å². The molecule has 0 fully saturated rings. The van der Waals surface area contributed by atoms with E-state index in [2.05, 4.69) is 4.98 Å². The number of alkyl halides is 1. The van der Waals surface area contributed by atoms with Crippen LogP contribution in [0.2, 0.25) is 0 Å². The molecule has 2 atom stereocenters. The van der Waals surface area contributed by atoms with E-state index in [1.807, 2.05) is 42.6 Å². The zero-order valence-corrected chi connectivity index (χ0v) is 21.5. The number of aliphatic carboxylic acids is 1. The molecule has 0 aliphatic carbocycles. The van der Waals surface area contributed by atoms with Crippen LogP contribution in [-0.4, -0.2) is 28.2 Å². The maximum absolute atomic E-state index is 14.8. The third-order valence-electron chi connectivity index (χ3n) is 6.32. The van der Waals surface area contributed by atoms with Gasteiger partial charge in [0.25, 0.3) is 0 Å². The summed E-state index contributed by atoms with van der Waals surface area (Å²) >= 11 is 0. The highest BCUT2D eigenvalue weighted by molar-refractivity contribution is 5.78. The van der Waals surface area contributed by atoms with Crippen molar-refractivity contribution in [3.05, 3.63) is 107 Å². The number of halogens is 5. The lowest BCUT2D eigenvalue weighted by molar-refractivity contribution is -0.145. The standard InChI is InChI=1S/C29H25F5N2O4/c1-16-22(35-27(40-16)18-6-4-3-5-7-18)12-13-39-19-10-8-17(9-11-19)15-29(2,28(37)38)36-26(34)20-14-21(30)24(32)25(33)23(20)31/h3-11,14,26,36H,12-13,15H2,1-2H3,(H,37,38). The molecule has 4 rings (SSSR count). The lowest BCUT2D eigenvalue weighted by Crippen LogP contribution is -2.52. The van der Waals surface area contributed by atoms with Crippen molar-refractivity contribution in [3.63, 3.8) is 0 Å². The van der Waals surface area contributed by atoms with E-state index in [1.165, 1.54) is 0 Å². The fraction of sp³-hybridized carbons (Fsp3) is 0.241. The molecule has 3 aromatic carbocycles. The third-order valence-corrected chi connectivity index (χ3v) is 6.32. The second-order valence-electron chi connectivity index (χ2n) is 9.34. The first-order valence-electron chi connectivity index (χ1n) is 12.2. The number of carboxylic acid groups (broad SMARTS) is 1. The van der Waals surface area contributed by atoms with E-state index in [9.17, 15) is 31.9 Å². The molecule has 2 N–H and O–H groups in total. The van der Waals surface area contributed by atoms with Crippen LogP contribution < -0.4 is 10.1 Å². The van der Waals surface area contributed by atoms with Crippen LogP contribution in [0.4, 0.5) is 22.0 Å². The largest absolute Gasteiger partial charge is 0.493 e. The third kappa shape index (κ3) is 6.31. The Morgan fingerprint density at radius 3 is 2.38 bits per heavy atom. The minimum atomic E-state index is -2.64. The van der Waals surface area contributed by atoms with Gasteiger partial charge in [0.15, 0.2) is 29.6 Å². The monoisotopic (exact) mass is 560 g/mol. The van der Waals surface area contributed by atoms with Gasteiger partial charge in [0.05, 0.1) is 12.3 Å². The lowest BCUT2D eigenvalue weighted by Gasteiger charge is -2.29. The fourth-order valence-corrected chi connectivity index (χ4v) is 4.06. The molecule has 6 nitrogen and oxygen atoms in total. The number of rotatable bonds is 11. The highest BCUT2D eigenvalue weighted by Crippen LogP contribution is 2.28. The molecule has 0 radical (unpaired) electrons. The van der Waals surface area contributed by atoms with Gasteiger partial charge in [-0.1, -0.05) is 30.3 Å². The van der Waals surface area contributed by atoms with Crippen LogP contribution in [0.15, 0.2) is 65.1 Å². The minimum Gasteiger partial charge on any atom is -0.493 e. The second-order valence-corrected chi connectivity index (χ2v) is 9.34. The molecule has 0 aliphatic heterocycles. The number of hydrogen-bond acceptors (Lipinski definition) is 5. The number of aromatic nitrogens is 1. The molecule has 40 heavy (non-hydrogen) atoms. The van der Waals surface area contributed by atoms with E-state index in [1.54, 1.807) is 24.3 Å². The van der Waals surface area contributed by atoms with Gasteiger partial charge in [0.2, 0.25) is 5.89 Å². The number of oxazole rings is 1. The van der Waals surface area contributed by atoms with Gasteiger partial charge in [-0.3, -0.25) is 10.1 Å². The summed E-state index contributed by atoms with van der Waals surface area (Å²) in [4.78, 5) is 16.5. The molecule has 11 heteroatoms. The maximum Gasteiger partial charge on any atom is 0.324 e. The van der Waals surface area contributed by atoms with Crippen molar-refractivity contribution in [2.45, 2.75) is 38.5 Å². The van der Waals surface area contributed by atoms with Gasteiger partial charge in [-0.05, 0) is 49.7 Å². The number of carboxylic acids is 1. The Labute approximate surface area is 226 Å². The fourth-order valence-electron chi connectivity index (χ4n) is 4.06. The van der Waals surface area contributed by atoms with Crippen LogP contribution in [0.3, 0.4) is 0 Å².